The molecule has 0 saturated carbocycles. The van der Waals surface area contributed by atoms with Gasteiger partial charge in [0.05, 0.1) is 41.1 Å². The van der Waals surface area contributed by atoms with Gasteiger partial charge in [-0.15, -0.1) is 11.3 Å². The molecule has 1 fully saturated rings. The van der Waals surface area contributed by atoms with Gasteiger partial charge in [-0.25, -0.2) is 7.91 Å². The van der Waals surface area contributed by atoms with Crippen LogP contribution in [0.1, 0.15) is 56.7 Å². The lowest BCUT2D eigenvalue weighted by Gasteiger charge is -2.33. The van der Waals surface area contributed by atoms with Gasteiger partial charge in [0.2, 0.25) is 0 Å². The number of carbonyl (C=O) groups excluding carboxylic acids is 1. The summed E-state index contributed by atoms with van der Waals surface area (Å²) in [5, 5.41) is 12.5. The Hall–Kier alpha value is -2.43. The molecule has 1 saturated heterocycles. The van der Waals surface area contributed by atoms with Gasteiger partial charge in [0, 0.05) is 24.3 Å². The number of ether oxygens (including phenoxy) is 1. The van der Waals surface area contributed by atoms with Gasteiger partial charge in [0.25, 0.3) is 5.91 Å². The fourth-order valence-corrected chi connectivity index (χ4v) is 6.97. The minimum atomic E-state index is -0.985. The van der Waals surface area contributed by atoms with Crippen LogP contribution >= 0.6 is 34.2 Å². The number of carboxylic acid groups (broad SMARTS) is 1. The molecule has 1 aromatic heterocycles. The van der Waals surface area contributed by atoms with Crippen LogP contribution in [0.3, 0.4) is 0 Å². The SMILES string of the molecule is C[C@@H]1CN(c2ccc(C(=O)N(I)c3scc(C4CCc5ccccc5C4)c3C(=O)O)cc2)CCO1. The summed E-state index contributed by atoms with van der Waals surface area (Å²) < 4.78 is 7.07. The van der Waals surface area contributed by atoms with Gasteiger partial charge in [-0.1, -0.05) is 24.3 Å². The number of morpholine rings is 1. The average Bonchev–Trinajstić information content (AvgIpc) is 3.33. The number of amides is 1. The van der Waals surface area contributed by atoms with Crippen molar-refractivity contribution < 1.29 is 19.4 Å². The smallest absolute Gasteiger partial charge is 0.339 e. The van der Waals surface area contributed by atoms with Crippen molar-refractivity contribution in [3.63, 3.8) is 0 Å². The van der Waals surface area contributed by atoms with Crippen molar-refractivity contribution in [2.45, 2.75) is 38.2 Å². The molecule has 2 heterocycles. The molecule has 1 aliphatic heterocycles. The number of carbonyl (C=O) groups is 2. The predicted molar refractivity (Wildman–Crippen MR) is 147 cm³/mol. The number of thiophene rings is 1. The van der Waals surface area contributed by atoms with E-state index in [4.69, 9.17) is 4.74 Å². The molecule has 182 valence electrons. The Bertz CT molecular complexity index is 1240. The first-order valence-corrected chi connectivity index (χ1v) is 13.6. The first-order chi connectivity index (χ1) is 16.9. The number of anilines is 2. The Morgan fingerprint density at radius 1 is 1.14 bits per heavy atom. The van der Waals surface area contributed by atoms with Gasteiger partial charge in [-0.3, -0.25) is 4.79 Å². The minimum absolute atomic E-state index is 0.135. The van der Waals surface area contributed by atoms with Crippen molar-refractivity contribution in [2.75, 3.05) is 27.7 Å². The molecule has 5 rings (SSSR count). The number of hydrogen-bond donors (Lipinski definition) is 1. The number of aryl methyl sites for hydroxylation is 1. The molecular formula is C27H27IN2O4S. The topological polar surface area (TPSA) is 70.1 Å². The maximum absolute atomic E-state index is 13.3. The molecule has 35 heavy (non-hydrogen) atoms. The van der Waals surface area contributed by atoms with E-state index in [9.17, 15) is 14.7 Å². The number of hydrogen-bond acceptors (Lipinski definition) is 5. The third-order valence-electron chi connectivity index (χ3n) is 6.88. The van der Waals surface area contributed by atoms with E-state index in [-0.39, 0.29) is 23.5 Å². The lowest BCUT2D eigenvalue weighted by molar-refractivity contribution is 0.0532. The molecule has 8 heteroatoms. The largest absolute Gasteiger partial charge is 0.478 e. The van der Waals surface area contributed by atoms with Crippen molar-refractivity contribution >= 4 is 56.8 Å². The van der Waals surface area contributed by atoms with Gasteiger partial charge in [0.1, 0.15) is 5.00 Å². The summed E-state index contributed by atoms with van der Waals surface area (Å²) in [4.78, 5) is 27.9. The Morgan fingerprint density at radius 3 is 2.60 bits per heavy atom. The summed E-state index contributed by atoms with van der Waals surface area (Å²) in [6.45, 7) is 4.38. The second kappa shape index (κ2) is 10.3. The Balaban J connectivity index is 1.37. The van der Waals surface area contributed by atoms with Gasteiger partial charge in [0.15, 0.2) is 0 Å². The first kappa shape index (κ1) is 24.3. The standard InChI is InChI=1S/C27H27IN2O4S/c1-17-15-29(12-13-34-17)22-10-8-19(9-11-22)25(31)30(28)26-24(27(32)33)23(16-35-26)21-7-6-18-4-2-3-5-20(18)14-21/h2-5,8-11,16-17,21H,6-7,12-15H2,1H3,(H,32,33)/t17-,21?/m1/s1. The zero-order valence-electron chi connectivity index (χ0n) is 19.4. The zero-order valence-corrected chi connectivity index (χ0v) is 22.4. The Labute approximate surface area is 223 Å². The van der Waals surface area contributed by atoms with Crippen LogP contribution in [-0.2, 0) is 17.6 Å². The number of carboxylic acids is 1. The Morgan fingerprint density at radius 2 is 1.89 bits per heavy atom. The lowest BCUT2D eigenvalue weighted by atomic mass is 9.80. The van der Waals surface area contributed by atoms with E-state index in [0.29, 0.717) is 17.2 Å². The van der Waals surface area contributed by atoms with Gasteiger partial charge in [-0.2, -0.15) is 0 Å². The van der Waals surface area contributed by atoms with E-state index in [0.717, 1.165) is 43.6 Å². The normalized spacial score (nSPS) is 19.8. The maximum Gasteiger partial charge on any atom is 0.339 e. The summed E-state index contributed by atoms with van der Waals surface area (Å²) in [7, 11) is 0. The van der Waals surface area contributed by atoms with E-state index in [1.54, 1.807) is 0 Å². The van der Waals surface area contributed by atoms with Crippen LogP contribution in [0.25, 0.3) is 0 Å². The van der Waals surface area contributed by atoms with E-state index < -0.39 is 5.97 Å². The lowest BCUT2D eigenvalue weighted by Crippen LogP contribution is -2.41. The number of benzene rings is 2. The molecule has 1 unspecified atom stereocenters. The highest BCUT2D eigenvalue weighted by atomic mass is 127. The first-order valence-electron chi connectivity index (χ1n) is 11.8. The van der Waals surface area contributed by atoms with Crippen LogP contribution < -0.4 is 8.01 Å². The quantitative estimate of drug-likeness (QED) is 0.289. The number of aromatic carboxylic acids is 1. The van der Waals surface area contributed by atoms with Gasteiger partial charge < -0.3 is 14.7 Å². The van der Waals surface area contributed by atoms with Crippen LogP contribution in [0.15, 0.2) is 53.9 Å². The van der Waals surface area contributed by atoms with Crippen LogP contribution in [0, 0.1) is 0 Å². The highest BCUT2D eigenvalue weighted by molar-refractivity contribution is 14.1. The maximum atomic E-state index is 13.3. The van der Waals surface area contributed by atoms with Crippen LogP contribution in [0.2, 0.25) is 0 Å². The highest BCUT2D eigenvalue weighted by Crippen LogP contribution is 2.42. The van der Waals surface area contributed by atoms with Crippen molar-refractivity contribution in [1.82, 2.24) is 0 Å². The second-order valence-electron chi connectivity index (χ2n) is 9.15. The van der Waals surface area contributed by atoms with Gasteiger partial charge in [-0.05, 0) is 78.4 Å². The molecule has 1 amide bonds. The number of rotatable bonds is 5. The second-order valence-corrected chi connectivity index (χ2v) is 11.0. The van der Waals surface area contributed by atoms with Crippen molar-refractivity contribution in [3.05, 3.63) is 81.7 Å². The van der Waals surface area contributed by atoms with E-state index >= 15 is 0 Å². The van der Waals surface area contributed by atoms with E-state index in [1.165, 1.54) is 25.6 Å². The van der Waals surface area contributed by atoms with E-state index in [2.05, 4.69) is 30.0 Å². The van der Waals surface area contributed by atoms with Crippen molar-refractivity contribution in [3.8, 4) is 0 Å². The molecule has 2 atom stereocenters. The summed E-state index contributed by atoms with van der Waals surface area (Å²) in [6, 6.07) is 15.9. The molecule has 2 aromatic carbocycles. The summed E-state index contributed by atoms with van der Waals surface area (Å²) >= 11 is 3.27. The fraction of sp³-hybridized carbons (Fsp3) is 0.333. The molecule has 0 radical (unpaired) electrons. The minimum Gasteiger partial charge on any atom is -0.478 e. The number of halogens is 1. The molecule has 0 spiro atoms. The predicted octanol–water partition coefficient (Wildman–Crippen LogP) is 5.94. The van der Waals surface area contributed by atoms with Crippen LogP contribution in [0.4, 0.5) is 10.7 Å². The number of fused-ring (bicyclic) bond motifs is 1. The molecule has 0 bridgehead atoms. The molecular weight excluding hydrogens is 575 g/mol. The fourth-order valence-electron chi connectivity index (χ4n) is 5.06. The molecule has 1 aliphatic carbocycles. The highest BCUT2D eigenvalue weighted by Gasteiger charge is 2.31. The van der Waals surface area contributed by atoms with Crippen LogP contribution in [-0.4, -0.2) is 42.8 Å². The molecule has 6 nitrogen and oxygen atoms in total. The average molecular weight is 602 g/mol. The third-order valence-corrected chi connectivity index (χ3v) is 9.11. The van der Waals surface area contributed by atoms with Crippen molar-refractivity contribution in [2.24, 2.45) is 0 Å². The van der Waals surface area contributed by atoms with Crippen LogP contribution in [0.5, 0.6) is 0 Å². The summed E-state index contributed by atoms with van der Waals surface area (Å²) in [6.07, 6.45) is 2.84. The van der Waals surface area contributed by atoms with E-state index in [1.807, 2.05) is 58.6 Å². The molecule has 3 aromatic rings. The van der Waals surface area contributed by atoms with Gasteiger partial charge >= 0.3 is 5.97 Å². The number of nitrogens with zero attached hydrogens (tertiary/aromatic N) is 2. The zero-order chi connectivity index (χ0) is 24.5. The molecule has 2 aliphatic rings. The summed E-state index contributed by atoms with van der Waals surface area (Å²) in [5.74, 6) is -1.07. The Kier molecular flexibility index (Phi) is 7.13. The third kappa shape index (κ3) is 4.96. The van der Waals surface area contributed by atoms with Crippen molar-refractivity contribution in [1.29, 1.82) is 0 Å². The monoisotopic (exact) mass is 602 g/mol. The summed E-state index contributed by atoms with van der Waals surface area (Å²) in [5.41, 5.74) is 5.29. The molecule has 1 N–H and O–H groups in total.